The number of aryl methyl sites for hydroxylation is 1. The zero-order valence-electron chi connectivity index (χ0n) is 17.1. The summed E-state index contributed by atoms with van der Waals surface area (Å²) in [6.45, 7) is 7.07. The van der Waals surface area contributed by atoms with E-state index in [4.69, 9.17) is 0 Å². The van der Waals surface area contributed by atoms with Crippen molar-refractivity contribution in [3.8, 4) is 0 Å². The second-order valence-corrected chi connectivity index (χ2v) is 7.91. The number of hydrogen-bond acceptors (Lipinski definition) is 3. The molecule has 154 valence electrons. The number of carboxylic acids is 1. The lowest BCUT2D eigenvalue weighted by atomic mass is 9.94. The molecule has 0 radical (unpaired) electrons. The van der Waals surface area contributed by atoms with Crippen LogP contribution in [0, 0.1) is 24.7 Å². The minimum atomic E-state index is -0.918. The number of likely N-dealkylation sites (tertiary alicyclic amines) is 1. The van der Waals surface area contributed by atoms with Crippen LogP contribution in [-0.4, -0.2) is 47.4 Å². The van der Waals surface area contributed by atoms with Gasteiger partial charge in [-0.2, -0.15) is 0 Å². The third kappa shape index (κ3) is 6.08. The molecule has 1 aliphatic heterocycles. The van der Waals surface area contributed by atoms with Crippen LogP contribution in [0.25, 0.3) is 0 Å². The lowest BCUT2D eigenvalue weighted by molar-refractivity contribution is -0.141. The molecule has 1 heterocycles. The monoisotopic (exact) mass is 388 g/mol. The fraction of sp³-hybridized carbons (Fsp3) is 0.591. The molecule has 0 spiro atoms. The predicted octanol–water partition coefficient (Wildman–Crippen LogP) is 2.64. The lowest BCUT2D eigenvalue weighted by Gasteiger charge is -2.33. The number of benzene rings is 1. The van der Waals surface area contributed by atoms with Crippen LogP contribution in [0.15, 0.2) is 24.3 Å². The molecule has 2 rings (SSSR count). The van der Waals surface area contributed by atoms with E-state index in [1.165, 1.54) is 0 Å². The second-order valence-electron chi connectivity index (χ2n) is 7.91. The lowest BCUT2D eigenvalue weighted by Crippen LogP contribution is -2.47. The fourth-order valence-corrected chi connectivity index (χ4v) is 3.62. The summed E-state index contributed by atoms with van der Waals surface area (Å²) in [5, 5.41) is 12.3. The van der Waals surface area contributed by atoms with Gasteiger partial charge in [-0.05, 0) is 38.2 Å². The van der Waals surface area contributed by atoms with Gasteiger partial charge in [0.25, 0.3) is 0 Å². The molecular weight excluding hydrogens is 356 g/mol. The van der Waals surface area contributed by atoms with Gasteiger partial charge in [0.05, 0.1) is 11.8 Å². The molecule has 2 N–H and O–H groups in total. The summed E-state index contributed by atoms with van der Waals surface area (Å²) in [4.78, 5) is 38.4. The van der Waals surface area contributed by atoms with E-state index in [9.17, 15) is 19.5 Å². The van der Waals surface area contributed by atoms with Crippen LogP contribution in [0.3, 0.4) is 0 Å². The van der Waals surface area contributed by atoms with Gasteiger partial charge in [-0.15, -0.1) is 0 Å². The molecule has 1 fully saturated rings. The van der Waals surface area contributed by atoms with Gasteiger partial charge in [0, 0.05) is 25.6 Å². The van der Waals surface area contributed by atoms with Crippen LogP contribution in [0.4, 0.5) is 0 Å². The first-order chi connectivity index (χ1) is 13.3. The second kappa shape index (κ2) is 10.2. The van der Waals surface area contributed by atoms with Gasteiger partial charge in [0.15, 0.2) is 0 Å². The van der Waals surface area contributed by atoms with Crippen molar-refractivity contribution in [2.45, 2.75) is 46.5 Å². The smallest absolute Gasteiger partial charge is 0.308 e. The van der Waals surface area contributed by atoms with E-state index < -0.39 is 11.9 Å². The highest BCUT2D eigenvalue weighted by atomic mass is 16.4. The van der Waals surface area contributed by atoms with Crippen LogP contribution in [-0.2, 0) is 20.8 Å². The Morgan fingerprint density at radius 1 is 1.32 bits per heavy atom. The number of aliphatic carboxylic acids is 1. The summed E-state index contributed by atoms with van der Waals surface area (Å²) in [5.74, 6) is -1.95. The molecule has 1 saturated heterocycles. The average molecular weight is 389 g/mol. The molecule has 6 heteroatoms. The summed E-state index contributed by atoms with van der Waals surface area (Å²) in [6, 6.07) is 7.76. The van der Waals surface area contributed by atoms with E-state index in [0.717, 1.165) is 30.4 Å². The van der Waals surface area contributed by atoms with Gasteiger partial charge in [-0.3, -0.25) is 14.4 Å². The van der Waals surface area contributed by atoms with Crippen molar-refractivity contribution in [3.63, 3.8) is 0 Å². The van der Waals surface area contributed by atoms with Crippen molar-refractivity contribution in [1.82, 2.24) is 10.2 Å². The SMILES string of the molecule is CCC(C)C(=O)N1CCCC(C(=O)NCC(Cc2cccc(C)c2)C(=O)O)C1. The van der Waals surface area contributed by atoms with E-state index in [0.29, 0.717) is 19.5 Å². The zero-order chi connectivity index (χ0) is 20.7. The Balaban J connectivity index is 1.91. The highest BCUT2D eigenvalue weighted by Crippen LogP contribution is 2.20. The van der Waals surface area contributed by atoms with Gasteiger partial charge >= 0.3 is 5.97 Å². The van der Waals surface area contributed by atoms with Crippen LogP contribution in [0.2, 0.25) is 0 Å². The van der Waals surface area contributed by atoms with E-state index >= 15 is 0 Å². The zero-order valence-corrected chi connectivity index (χ0v) is 17.1. The molecule has 0 aromatic heterocycles. The van der Waals surface area contributed by atoms with Gasteiger partial charge in [-0.25, -0.2) is 0 Å². The molecule has 2 amide bonds. The van der Waals surface area contributed by atoms with E-state index in [1.54, 1.807) is 4.90 Å². The largest absolute Gasteiger partial charge is 0.481 e. The molecular formula is C22H32N2O4. The molecule has 0 bridgehead atoms. The van der Waals surface area contributed by atoms with Gasteiger partial charge in [-0.1, -0.05) is 43.7 Å². The fourth-order valence-electron chi connectivity index (χ4n) is 3.62. The van der Waals surface area contributed by atoms with Crippen molar-refractivity contribution < 1.29 is 19.5 Å². The van der Waals surface area contributed by atoms with Gasteiger partial charge in [0.1, 0.15) is 0 Å². The van der Waals surface area contributed by atoms with Crippen molar-refractivity contribution in [3.05, 3.63) is 35.4 Å². The number of rotatable bonds is 8. The topological polar surface area (TPSA) is 86.7 Å². The van der Waals surface area contributed by atoms with E-state index in [1.807, 2.05) is 45.0 Å². The third-order valence-electron chi connectivity index (χ3n) is 5.57. The Morgan fingerprint density at radius 3 is 2.71 bits per heavy atom. The maximum absolute atomic E-state index is 12.6. The van der Waals surface area contributed by atoms with Crippen molar-refractivity contribution >= 4 is 17.8 Å². The Bertz CT molecular complexity index is 704. The Kier molecular flexibility index (Phi) is 8.03. The third-order valence-corrected chi connectivity index (χ3v) is 5.57. The first kappa shape index (κ1) is 21.9. The normalized spacial score (nSPS) is 19.0. The average Bonchev–Trinajstić information content (AvgIpc) is 2.69. The van der Waals surface area contributed by atoms with Crippen molar-refractivity contribution in [1.29, 1.82) is 0 Å². The summed E-state index contributed by atoms with van der Waals surface area (Å²) >= 11 is 0. The minimum Gasteiger partial charge on any atom is -0.481 e. The quantitative estimate of drug-likeness (QED) is 0.717. The minimum absolute atomic E-state index is 0.0347. The molecule has 0 aliphatic carbocycles. The molecule has 1 aliphatic rings. The standard InChI is InChI=1S/C22H32N2O4/c1-4-16(3)21(26)24-10-6-9-18(14-24)20(25)23-13-19(22(27)28)12-17-8-5-7-15(2)11-17/h5,7-8,11,16,18-19H,4,6,9-10,12-14H2,1-3H3,(H,23,25)(H,27,28). The number of hydrogen-bond donors (Lipinski definition) is 2. The van der Waals surface area contributed by atoms with Crippen LogP contribution < -0.4 is 5.32 Å². The number of nitrogens with zero attached hydrogens (tertiary/aromatic N) is 1. The summed E-state index contributed by atoms with van der Waals surface area (Å²) in [7, 11) is 0. The molecule has 0 saturated carbocycles. The molecule has 1 aromatic rings. The van der Waals surface area contributed by atoms with Crippen molar-refractivity contribution in [2.24, 2.45) is 17.8 Å². The molecule has 1 aromatic carbocycles. The van der Waals surface area contributed by atoms with Crippen LogP contribution >= 0.6 is 0 Å². The molecule has 28 heavy (non-hydrogen) atoms. The summed E-state index contributed by atoms with van der Waals surface area (Å²) in [5.41, 5.74) is 2.03. The number of piperidine rings is 1. The number of amides is 2. The Labute approximate surface area is 167 Å². The Hall–Kier alpha value is -2.37. The highest BCUT2D eigenvalue weighted by Gasteiger charge is 2.30. The predicted molar refractivity (Wildman–Crippen MR) is 108 cm³/mol. The van der Waals surface area contributed by atoms with E-state index in [2.05, 4.69) is 5.32 Å². The number of carbonyl (C=O) groups excluding carboxylic acids is 2. The van der Waals surface area contributed by atoms with Crippen LogP contribution in [0.1, 0.15) is 44.2 Å². The van der Waals surface area contributed by atoms with Gasteiger partial charge < -0.3 is 15.3 Å². The first-order valence-electron chi connectivity index (χ1n) is 10.2. The Morgan fingerprint density at radius 2 is 2.07 bits per heavy atom. The first-order valence-corrected chi connectivity index (χ1v) is 10.2. The molecule has 3 unspecified atom stereocenters. The van der Waals surface area contributed by atoms with E-state index in [-0.39, 0.29) is 30.2 Å². The summed E-state index contributed by atoms with van der Waals surface area (Å²) < 4.78 is 0. The molecule has 6 nitrogen and oxygen atoms in total. The maximum atomic E-state index is 12.6. The number of nitrogens with one attached hydrogen (secondary N) is 1. The summed E-state index contributed by atoms with van der Waals surface area (Å²) in [6.07, 6.45) is 2.68. The number of carbonyl (C=O) groups is 3. The highest BCUT2D eigenvalue weighted by molar-refractivity contribution is 5.82. The van der Waals surface area contributed by atoms with Crippen molar-refractivity contribution in [2.75, 3.05) is 19.6 Å². The number of carboxylic acid groups (broad SMARTS) is 1. The maximum Gasteiger partial charge on any atom is 0.308 e. The molecule has 3 atom stereocenters. The van der Waals surface area contributed by atoms with Crippen LogP contribution in [0.5, 0.6) is 0 Å². The van der Waals surface area contributed by atoms with Gasteiger partial charge in [0.2, 0.25) is 11.8 Å².